The van der Waals surface area contributed by atoms with Gasteiger partial charge in [0.05, 0.1) is 22.1 Å². The molecule has 5 nitrogen and oxygen atoms in total. The van der Waals surface area contributed by atoms with Gasteiger partial charge in [-0.2, -0.15) is 0 Å². The van der Waals surface area contributed by atoms with Gasteiger partial charge in [-0.05, 0) is 70.9 Å². The molecule has 0 spiro atoms. The van der Waals surface area contributed by atoms with Gasteiger partial charge in [-0.3, -0.25) is 4.79 Å². The van der Waals surface area contributed by atoms with Crippen molar-refractivity contribution < 1.29 is 9.53 Å². The summed E-state index contributed by atoms with van der Waals surface area (Å²) in [4.78, 5) is 20.5. The molecule has 0 atom stereocenters. The van der Waals surface area contributed by atoms with Gasteiger partial charge in [0.25, 0.3) is 5.91 Å². The summed E-state index contributed by atoms with van der Waals surface area (Å²) in [7, 11) is 0. The molecule has 1 heterocycles. The molecular formula is C23H20BrN3O2. The average molecular weight is 450 g/mol. The van der Waals surface area contributed by atoms with Gasteiger partial charge in [-0.25, -0.2) is 4.98 Å². The molecule has 0 radical (unpaired) electrons. The van der Waals surface area contributed by atoms with Crippen molar-refractivity contribution in [1.29, 1.82) is 0 Å². The molecule has 6 heteroatoms. The van der Waals surface area contributed by atoms with Crippen molar-refractivity contribution in [3.05, 3.63) is 88.2 Å². The number of carbonyl (C=O) groups is 1. The molecule has 0 aliphatic heterocycles. The number of carbonyl (C=O) groups excluding carboxylic acids is 1. The zero-order valence-corrected chi connectivity index (χ0v) is 17.5. The molecule has 1 aromatic heterocycles. The lowest BCUT2D eigenvalue weighted by Gasteiger charge is -2.09. The van der Waals surface area contributed by atoms with Crippen LogP contribution in [-0.4, -0.2) is 22.5 Å². The molecule has 0 bridgehead atoms. The van der Waals surface area contributed by atoms with Gasteiger partial charge >= 0.3 is 0 Å². The lowest BCUT2D eigenvalue weighted by atomic mass is 10.1. The predicted octanol–water partition coefficient (Wildman–Crippen LogP) is 5.57. The Hall–Kier alpha value is -3.12. The van der Waals surface area contributed by atoms with Crippen molar-refractivity contribution in [2.75, 3.05) is 11.9 Å². The highest BCUT2D eigenvalue weighted by Crippen LogP contribution is 2.26. The summed E-state index contributed by atoms with van der Waals surface area (Å²) in [5.74, 6) is 1.47. The van der Waals surface area contributed by atoms with Crippen LogP contribution in [0.25, 0.3) is 11.0 Å². The summed E-state index contributed by atoms with van der Waals surface area (Å²) in [5, 5.41) is 2.93. The van der Waals surface area contributed by atoms with Crippen molar-refractivity contribution in [1.82, 2.24) is 9.97 Å². The first-order chi connectivity index (χ1) is 14.1. The zero-order chi connectivity index (χ0) is 20.2. The Balaban J connectivity index is 1.42. The lowest BCUT2D eigenvalue weighted by Crippen LogP contribution is -2.12. The third kappa shape index (κ3) is 4.49. The second kappa shape index (κ2) is 8.49. The minimum absolute atomic E-state index is 0.168. The smallest absolute Gasteiger partial charge is 0.255 e. The summed E-state index contributed by atoms with van der Waals surface area (Å²) >= 11 is 3.44. The molecule has 0 unspecified atom stereocenters. The topological polar surface area (TPSA) is 67.0 Å². The molecule has 0 fully saturated rings. The Bertz CT molecular complexity index is 1120. The van der Waals surface area contributed by atoms with Gasteiger partial charge in [0.1, 0.15) is 11.6 Å². The third-order valence-electron chi connectivity index (χ3n) is 4.52. The van der Waals surface area contributed by atoms with Crippen molar-refractivity contribution in [3.63, 3.8) is 0 Å². The van der Waals surface area contributed by atoms with E-state index in [1.165, 1.54) is 0 Å². The highest BCUT2D eigenvalue weighted by atomic mass is 79.9. The van der Waals surface area contributed by atoms with Crippen LogP contribution < -0.4 is 10.1 Å². The number of ether oxygens (including phenoxy) is 1. The number of aromatic nitrogens is 2. The summed E-state index contributed by atoms with van der Waals surface area (Å²) in [6.45, 7) is 2.50. The molecule has 3 aromatic carbocycles. The van der Waals surface area contributed by atoms with Gasteiger partial charge in [-0.15, -0.1) is 0 Å². The van der Waals surface area contributed by atoms with Crippen molar-refractivity contribution in [2.45, 2.75) is 13.3 Å². The SMILES string of the molecule is CCOc1ccc(C(=O)Nc2ccc(Cc3nc4ccccc4[nH]3)cc2)cc1Br. The van der Waals surface area contributed by atoms with E-state index < -0.39 is 0 Å². The van der Waals surface area contributed by atoms with Crippen molar-refractivity contribution in [3.8, 4) is 5.75 Å². The zero-order valence-electron chi connectivity index (χ0n) is 15.9. The molecule has 4 rings (SSSR count). The normalized spacial score (nSPS) is 10.8. The number of halogens is 1. The average Bonchev–Trinajstić information content (AvgIpc) is 3.13. The fourth-order valence-electron chi connectivity index (χ4n) is 3.11. The number of rotatable bonds is 6. The van der Waals surface area contributed by atoms with Gasteiger partial charge < -0.3 is 15.0 Å². The second-order valence-electron chi connectivity index (χ2n) is 6.61. The fraction of sp³-hybridized carbons (Fsp3) is 0.130. The van der Waals surface area contributed by atoms with Crippen molar-refractivity contribution >= 4 is 38.6 Å². The molecule has 29 heavy (non-hydrogen) atoms. The maximum absolute atomic E-state index is 12.5. The number of H-pyrrole nitrogens is 1. The number of hydrogen-bond donors (Lipinski definition) is 2. The van der Waals surface area contributed by atoms with Crippen LogP contribution in [0, 0.1) is 0 Å². The fourth-order valence-corrected chi connectivity index (χ4v) is 3.60. The highest BCUT2D eigenvalue weighted by Gasteiger charge is 2.10. The van der Waals surface area contributed by atoms with Crippen molar-refractivity contribution in [2.24, 2.45) is 0 Å². The van der Waals surface area contributed by atoms with Crippen LogP contribution in [0.3, 0.4) is 0 Å². The van der Waals surface area contributed by atoms with Crippen LogP contribution in [0.1, 0.15) is 28.7 Å². The first kappa shape index (κ1) is 19.2. The number of para-hydroxylation sites is 2. The molecule has 146 valence electrons. The first-order valence-electron chi connectivity index (χ1n) is 9.38. The molecule has 1 amide bonds. The largest absolute Gasteiger partial charge is 0.493 e. The first-order valence-corrected chi connectivity index (χ1v) is 10.2. The molecule has 2 N–H and O–H groups in total. The van der Waals surface area contributed by atoms with E-state index in [1.807, 2.05) is 55.5 Å². The highest BCUT2D eigenvalue weighted by molar-refractivity contribution is 9.10. The van der Waals surface area contributed by atoms with E-state index in [9.17, 15) is 4.79 Å². The second-order valence-corrected chi connectivity index (χ2v) is 7.46. The van der Waals surface area contributed by atoms with E-state index in [2.05, 4.69) is 31.2 Å². The number of aromatic amines is 1. The van der Waals surface area contributed by atoms with E-state index in [0.29, 0.717) is 18.6 Å². The van der Waals surface area contributed by atoms with E-state index in [1.54, 1.807) is 18.2 Å². The lowest BCUT2D eigenvalue weighted by molar-refractivity contribution is 0.102. The van der Waals surface area contributed by atoms with Gasteiger partial charge in [0.15, 0.2) is 0 Å². The van der Waals surface area contributed by atoms with Crippen LogP contribution in [0.15, 0.2) is 71.2 Å². The van der Waals surface area contributed by atoms with Gasteiger partial charge in [-0.1, -0.05) is 24.3 Å². The summed E-state index contributed by atoms with van der Waals surface area (Å²) in [5.41, 5.74) is 4.42. The van der Waals surface area contributed by atoms with Crippen LogP contribution in [0.4, 0.5) is 5.69 Å². The summed E-state index contributed by atoms with van der Waals surface area (Å²) in [6.07, 6.45) is 0.703. The molecular weight excluding hydrogens is 430 g/mol. The summed E-state index contributed by atoms with van der Waals surface area (Å²) in [6, 6.07) is 21.1. The van der Waals surface area contributed by atoms with Crippen LogP contribution in [-0.2, 0) is 6.42 Å². The Kier molecular flexibility index (Phi) is 5.62. The molecule has 0 aliphatic carbocycles. The Morgan fingerprint density at radius 2 is 1.90 bits per heavy atom. The Morgan fingerprint density at radius 3 is 2.62 bits per heavy atom. The quantitative estimate of drug-likeness (QED) is 0.404. The van der Waals surface area contributed by atoms with Gasteiger partial charge in [0, 0.05) is 17.7 Å². The number of benzene rings is 3. The van der Waals surface area contributed by atoms with Crippen LogP contribution in [0.2, 0.25) is 0 Å². The van der Waals surface area contributed by atoms with Crippen LogP contribution in [0.5, 0.6) is 5.75 Å². The van der Waals surface area contributed by atoms with E-state index in [4.69, 9.17) is 4.74 Å². The van der Waals surface area contributed by atoms with Gasteiger partial charge in [0.2, 0.25) is 0 Å². The predicted molar refractivity (Wildman–Crippen MR) is 119 cm³/mol. The van der Waals surface area contributed by atoms with Crippen LogP contribution >= 0.6 is 15.9 Å². The van der Waals surface area contributed by atoms with E-state index in [0.717, 1.165) is 38.3 Å². The number of amides is 1. The number of anilines is 1. The molecule has 4 aromatic rings. The maximum Gasteiger partial charge on any atom is 0.255 e. The molecule has 0 saturated heterocycles. The maximum atomic E-state index is 12.5. The third-order valence-corrected chi connectivity index (χ3v) is 5.14. The standard InChI is InChI=1S/C23H20BrN3O2/c1-2-29-21-12-9-16(14-18(21)24)23(28)25-17-10-7-15(8-11-17)13-22-26-19-5-3-4-6-20(19)27-22/h3-12,14H,2,13H2,1H3,(H,25,28)(H,26,27). The minimum atomic E-state index is -0.168. The van der Waals surface area contributed by atoms with E-state index >= 15 is 0 Å². The number of hydrogen-bond acceptors (Lipinski definition) is 3. The van der Waals surface area contributed by atoms with E-state index in [-0.39, 0.29) is 5.91 Å². The Morgan fingerprint density at radius 1 is 1.10 bits per heavy atom. The minimum Gasteiger partial charge on any atom is -0.493 e. The number of fused-ring (bicyclic) bond motifs is 1. The monoisotopic (exact) mass is 449 g/mol. The summed E-state index contributed by atoms with van der Waals surface area (Å²) < 4.78 is 6.24. The number of nitrogens with zero attached hydrogens (tertiary/aromatic N) is 1. The number of imidazole rings is 1. The Labute approximate surface area is 177 Å². The molecule has 0 aliphatic rings. The number of nitrogens with one attached hydrogen (secondary N) is 2. The molecule has 0 saturated carbocycles.